The smallest absolute Gasteiger partial charge is 0.244 e. The van der Waals surface area contributed by atoms with E-state index in [1.807, 2.05) is 0 Å². The van der Waals surface area contributed by atoms with E-state index in [0.717, 1.165) is 25.9 Å². The number of carbonyl (C=O) groups excluding carboxylic acids is 1. The van der Waals surface area contributed by atoms with Crippen molar-refractivity contribution in [3.05, 3.63) is 11.6 Å². The van der Waals surface area contributed by atoms with Gasteiger partial charge >= 0.3 is 0 Å². The van der Waals surface area contributed by atoms with Crippen LogP contribution in [0.3, 0.4) is 0 Å². The fourth-order valence-electron chi connectivity index (χ4n) is 1.34. The van der Waals surface area contributed by atoms with Gasteiger partial charge in [-0.3, -0.25) is 4.79 Å². The molecule has 0 atom stereocenters. The summed E-state index contributed by atoms with van der Waals surface area (Å²) < 4.78 is 0. The van der Waals surface area contributed by atoms with E-state index in [1.165, 1.54) is 12.0 Å². The van der Waals surface area contributed by atoms with E-state index in [9.17, 15) is 4.79 Å². The van der Waals surface area contributed by atoms with Gasteiger partial charge in [0, 0.05) is 19.2 Å². The van der Waals surface area contributed by atoms with Crippen LogP contribution in [0.2, 0.25) is 0 Å². The van der Waals surface area contributed by atoms with E-state index in [1.54, 1.807) is 6.08 Å². The molecular formula is C9H14N2O. The van der Waals surface area contributed by atoms with E-state index >= 15 is 0 Å². The van der Waals surface area contributed by atoms with Gasteiger partial charge in [-0.25, -0.2) is 0 Å². The molecule has 3 heteroatoms. The fourth-order valence-corrected chi connectivity index (χ4v) is 1.34. The van der Waals surface area contributed by atoms with Crippen LogP contribution in [0.15, 0.2) is 11.6 Å². The van der Waals surface area contributed by atoms with E-state index in [2.05, 4.69) is 10.6 Å². The third-order valence-corrected chi connectivity index (χ3v) is 2.46. The van der Waals surface area contributed by atoms with Crippen molar-refractivity contribution in [2.75, 3.05) is 13.1 Å². The van der Waals surface area contributed by atoms with Gasteiger partial charge in [-0.2, -0.15) is 0 Å². The topological polar surface area (TPSA) is 41.1 Å². The Labute approximate surface area is 72.2 Å². The predicted molar refractivity (Wildman–Crippen MR) is 46.7 cm³/mol. The van der Waals surface area contributed by atoms with Crippen LogP contribution in [0.25, 0.3) is 0 Å². The van der Waals surface area contributed by atoms with Gasteiger partial charge in [0.1, 0.15) is 0 Å². The van der Waals surface area contributed by atoms with Crippen molar-refractivity contribution >= 4 is 5.91 Å². The van der Waals surface area contributed by atoms with E-state index in [0.29, 0.717) is 6.04 Å². The molecule has 1 saturated heterocycles. The highest BCUT2D eigenvalue weighted by Crippen LogP contribution is 2.24. The van der Waals surface area contributed by atoms with Crippen LogP contribution in [0.5, 0.6) is 0 Å². The summed E-state index contributed by atoms with van der Waals surface area (Å²) in [5.41, 5.74) is 1.31. The molecule has 0 aromatic rings. The molecule has 1 aliphatic heterocycles. The maximum absolute atomic E-state index is 11.2. The van der Waals surface area contributed by atoms with E-state index in [4.69, 9.17) is 0 Å². The highest BCUT2D eigenvalue weighted by atomic mass is 16.1. The second-order valence-corrected chi connectivity index (χ2v) is 3.52. The van der Waals surface area contributed by atoms with Gasteiger partial charge in [-0.05, 0) is 19.3 Å². The van der Waals surface area contributed by atoms with Crippen molar-refractivity contribution in [3.63, 3.8) is 0 Å². The predicted octanol–water partition coefficient (Wildman–Crippen LogP) is 0.185. The molecule has 66 valence electrons. The van der Waals surface area contributed by atoms with Crippen LogP contribution >= 0.6 is 0 Å². The summed E-state index contributed by atoms with van der Waals surface area (Å²) in [6.45, 7) is 1.85. The lowest BCUT2D eigenvalue weighted by Gasteiger charge is -2.27. The first kappa shape index (κ1) is 7.80. The maximum Gasteiger partial charge on any atom is 0.244 e. The third-order valence-electron chi connectivity index (χ3n) is 2.46. The molecule has 2 aliphatic rings. The molecule has 1 heterocycles. The minimum Gasteiger partial charge on any atom is -0.347 e. The number of amides is 1. The molecule has 0 aromatic heterocycles. The van der Waals surface area contributed by atoms with Crippen molar-refractivity contribution in [1.29, 1.82) is 0 Å². The SMILES string of the molecule is O=C(C=C1CCC1)NC1CNC1. The second kappa shape index (κ2) is 3.27. The Kier molecular flexibility index (Phi) is 2.13. The zero-order valence-corrected chi connectivity index (χ0v) is 7.10. The van der Waals surface area contributed by atoms with Crippen LogP contribution in [0.4, 0.5) is 0 Å². The number of nitrogens with one attached hydrogen (secondary N) is 2. The molecular weight excluding hydrogens is 152 g/mol. The first-order chi connectivity index (χ1) is 5.84. The quantitative estimate of drug-likeness (QED) is 0.575. The standard InChI is InChI=1S/C9H14N2O/c12-9(4-7-2-1-3-7)11-8-5-10-6-8/h4,8,10H,1-3,5-6H2,(H,11,12). The molecule has 2 N–H and O–H groups in total. The summed E-state index contributed by atoms with van der Waals surface area (Å²) in [5, 5.41) is 6.05. The number of carbonyl (C=O) groups is 1. The molecule has 0 bridgehead atoms. The Morgan fingerprint density at radius 1 is 1.50 bits per heavy atom. The Morgan fingerprint density at radius 2 is 2.25 bits per heavy atom. The third kappa shape index (κ3) is 1.67. The van der Waals surface area contributed by atoms with Crippen LogP contribution < -0.4 is 10.6 Å². The van der Waals surface area contributed by atoms with Crippen LogP contribution in [0.1, 0.15) is 19.3 Å². The summed E-state index contributed by atoms with van der Waals surface area (Å²) in [5.74, 6) is 0.0937. The summed E-state index contributed by atoms with van der Waals surface area (Å²) in [4.78, 5) is 11.2. The highest BCUT2D eigenvalue weighted by molar-refractivity contribution is 5.88. The highest BCUT2D eigenvalue weighted by Gasteiger charge is 2.18. The number of allylic oxidation sites excluding steroid dienone is 1. The van der Waals surface area contributed by atoms with Gasteiger partial charge in [0.05, 0.1) is 6.04 Å². The first-order valence-corrected chi connectivity index (χ1v) is 4.55. The molecule has 0 aromatic carbocycles. The van der Waals surface area contributed by atoms with Gasteiger partial charge in [-0.15, -0.1) is 0 Å². The lowest BCUT2D eigenvalue weighted by Crippen LogP contribution is -2.56. The van der Waals surface area contributed by atoms with E-state index in [-0.39, 0.29) is 5.91 Å². The van der Waals surface area contributed by atoms with Gasteiger partial charge < -0.3 is 10.6 Å². The normalized spacial score (nSPS) is 22.5. The van der Waals surface area contributed by atoms with Crippen molar-refractivity contribution in [2.45, 2.75) is 25.3 Å². The van der Waals surface area contributed by atoms with Crippen molar-refractivity contribution in [2.24, 2.45) is 0 Å². The molecule has 3 nitrogen and oxygen atoms in total. The lowest BCUT2D eigenvalue weighted by molar-refractivity contribution is -0.117. The Bertz CT molecular complexity index is 213. The zero-order chi connectivity index (χ0) is 8.39. The zero-order valence-electron chi connectivity index (χ0n) is 7.10. The molecule has 0 spiro atoms. The second-order valence-electron chi connectivity index (χ2n) is 3.52. The van der Waals surface area contributed by atoms with Crippen molar-refractivity contribution in [1.82, 2.24) is 10.6 Å². The minimum atomic E-state index is 0.0937. The average molecular weight is 166 g/mol. The largest absolute Gasteiger partial charge is 0.347 e. The molecule has 1 aliphatic carbocycles. The first-order valence-electron chi connectivity index (χ1n) is 4.55. The Balaban J connectivity index is 1.75. The summed E-state index contributed by atoms with van der Waals surface area (Å²) in [6.07, 6.45) is 5.26. The van der Waals surface area contributed by atoms with Gasteiger partial charge in [0.2, 0.25) is 5.91 Å². The summed E-state index contributed by atoms with van der Waals surface area (Å²) in [6, 6.07) is 0.370. The fraction of sp³-hybridized carbons (Fsp3) is 0.667. The molecule has 2 rings (SSSR count). The van der Waals surface area contributed by atoms with Crippen LogP contribution in [0, 0.1) is 0 Å². The number of hydrogen-bond donors (Lipinski definition) is 2. The Morgan fingerprint density at radius 3 is 2.67 bits per heavy atom. The summed E-state index contributed by atoms with van der Waals surface area (Å²) in [7, 11) is 0. The van der Waals surface area contributed by atoms with Gasteiger partial charge in [0.25, 0.3) is 0 Å². The van der Waals surface area contributed by atoms with Crippen molar-refractivity contribution in [3.8, 4) is 0 Å². The monoisotopic (exact) mass is 166 g/mol. The molecule has 12 heavy (non-hydrogen) atoms. The summed E-state index contributed by atoms with van der Waals surface area (Å²) >= 11 is 0. The van der Waals surface area contributed by atoms with Gasteiger partial charge in [0.15, 0.2) is 0 Å². The molecule has 0 radical (unpaired) electrons. The van der Waals surface area contributed by atoms with Crippen LogP contribution in [-0.2, 0) is 4.79 Å². The maximum atomic E-state index is 11.2. The number of hydrogen-bond acceptors (Lipinski definition) is 2. The minimum absolute atomic E-state index is 0.0937. The van der Waals surface area contributed by atoms with E-state index < -0.39 is 0 Å². The molecule has 1 saturated carbocycles. The lowest BCUT2D eigenvalue weighted by atomic mass is 9.92. The van der Waals surface area contributed by atoms with Crippen molar-refractivity contribution < 1.29 is 4.79 Å². The molecule has 1 amide bonds. The Hall–Kier alpha value is -0.830. The average Bonchev–Trinajstić information content (AvgIpc) is 1.89. The van der Waals surface area contributed by atoms with Gasteiger partial charge in [-0.1, -0.05) is 5.57 Å². The number of rotatable bonds is 2. The molecule has 2 fully saturated rings. The molecule has 0 unspecified atom stereocenters. The van der Waals surface area contributed by atoms with Crippen LogP contribution in [-0.4, -0.2) is 25.0 Å².